The third-order valence-electron chi connectivity index (χ3n) is 4.44. The van der Waals surface area contributed by atoms with Crippen LogP contribution in [0.2, 0.25) is 0 Å². The molecule has 0 unspecified atom stereocenters. The van der Waals surface area contributed by atoms with Crippen molar-refractivity contribution in [3.8, 4) is 5.75 Å². The Labute approximate surface area is 147 Å². The van der Waals surface area contributed by atoms with Crippen molar-refractivity contribution in [1.29, 1.82) is 0 Å². The Hall–Kier alpha value is -2.40. The van der Waals surface area contributed by atoms with Crippen molar-refractivity contribution in [3.05, 3.63) is 65.5 Å². The van der Waals surface area contributed by atoms with Crippen LogP contribution in [0.5, 0.6) is 5.75 Å². The molecule has 1 heterocycles. The van der Waals surface area contributed by atoms with E-state index in [-0.39, 0.29) is 11.7 Å². The molecular formula is C20H23FN2O2. The lowest BCUT2D eigenvalue weighted by molar-refractivity contribution is -0.133. The van der Waals surface area contributed by atoms with E-state index in [1.807, 2.05) is 29.0 Å². The van der Waals surface area contributed by atoms with Crippen LogP contribution in [0.4, 0.5) is 4.39 Å². The third-order valence-corrected chi connectivity index (χ3v) is 4.44. The van der Waals surface area contributed by atoms with Gasteiger partial charge in [-0.1, -0.05) is 24.3 Å². The lowest BCUT2D eigenvalue weighted by Gasteiger charge is -2.30. The number of hydrogen-bond donors (Lipinski definition) is 0. The van der Waals surface area contributed by atoms with Crippen LogP contribution in [-0.4, -0.2) is 49.0 Å². The largest absolute Gasteiger partial charge is 0.492 e. The first-order chi connectivity index (χ1) is 12.1. The first-order valence-electron chi connectivity index (χ1n) is 8.53. The molecule has 0 N–H and O–H groups in total. The van der Waals surface area contributed by atoms with Gasteiger partial charge in [-0.2, -0.15) is 0 Å². The monoisotopic (exact) mass is 342 g/mol. The summed E-state index contributed by atoms with van der Waals surface area (Å²) in [5, 5.41) is 0. The fourth-order valence-corrected chi connectivity index (χ4v) is 2.97. The van der Waals surface area contributed by atoms with Gasteiger partial charge in [-0.3, -0.25) is 9.69 Å². The van der Waals surface area contributed by atoms with E-state index in [0.29, 0.717) is 32.0 Å². The fraction of sp³-hybridized carbons (Fsp3) is 0.350. The number of ether oxygens (including phenoxy) is 1. The van der Waals surface area contributed by atoms with E-state index in [1.54, 1.807) is 12.1 Å². The average molecular weight is 342 g/mol. The number of benzene rings is 2. The van der Waals surface area contributed by atoms with E-state index < -0.39 is 0 Å². The number of likely N-dealkylation sites (N-methyl/N-ethyl adjacent to an activating group) is 1. The van der Waals surface area contributed by atoms with Gasteiger partial charge in [0.15, 0.2) is 0 Å². The zero-order valence-corrected chi connectivity index (χ0v) is 14.5. The molecule has 1 amide bonds. The van der Waals surface area contributed by atoms with E-state index in [0.717, 1.165) is 13.0 Å². The highest BCUT2D eigenvalue weighted by Gasteiger charge is 2.21. The summed E-state index contributed by atoms with van der Waals surface area (Å²) in [6.07, 6.45) is 0.916. The van der Waals surface area contributed by atoms with Gasteiger partial charge >= 0.3 is 0 Å². The topological polar surface area (TPSA) is 32.8 Å². The molecule has 0 radical (unpaired) electrons. The van der Waals surface area contributed by atoms with Gasteiger partial charge in [-0.25, -0.2) is 4.39 Å². The minimum atomic E-state index is -0.279. The third kappa shape index (κ3) is 4.79. The van der Waals surface area contributed by atoms with Gasteiger partial charge in [0, 0.05) is 19.6 Å². The molecule has 3 rings (SSSR count). The minimum Gasteiger partial charge on any atom is -0.492 e. The highest BCUT2D eigenvalue weighted by molar-refractivity contribution is 5.78. The van der Waals surface area contributed by atoms with Crippen LogP contribution in [0.3, 0.4) is 0 Å². The van der Waals surface area contributed by atoms with Crippen molar-refractivity contribution >= 4 is 5.91 Å². The van der Waals surface area contributed by atoms with Gasteiger partial charge in [-0.15, -0.1) is 0 Å². The Balaban J connectivity index is 1.42. The highest BCUT2D eigenvalue weighted by atomic mass is 19.1. The highest BCUT2D eigenvalue weighted by Crippen LogP contribution is 2.18. The summed E-state index contributed by atoms with van der Waals surface area (Å²) in [6, 6.07) is 14.2. The molecule has 25 heavy (non-hydrogen) atoms. The molecule has 5 heteroatoms. The van der Waals surface area contributed by atoms with Crippen LogP contribution < -0.4 is 4.74 Å². The predicted octanol–water partition coefficient (Wildman–Crippen LogP) is 2.72. The van der Waals surface area contributed by atoms with Crippen LogP contribution in [0.1, 0.15) is 11.1 Å². The molecule has 0 saturated heterocycles. The van der Waals surface area contributed by atoms with Crippen molar-refractivity contribution in [3.63, 3.8) is 0 Å². The molecule has 0 atom stereocenters. The van der Waals surface area contributed by atoms with Crippen LogP contribution in [-0.2, 0) is 17.8 Å². The second-order valence-corrected chi connectivity index (χ2v) is 6.37. The van der Waals surface area contributed by atoms with E-state index >= 15 is 0 Å². The lowest BCUT2D eigenvalue weighted by Crippen LogP contribution is -2.42. The van der Waals surface area contributed by atoms with Gasteiger partial charge < -0.3 is 9.64 Å². The van der Waals surface area contributed by atoms with Crippen molar-refractivity contribution < 1.29 is 13.9 Å². The quantitative estimate of drug-likeness (QED) is 0.809. The molecule has 0 bridgehead atoms. The van der Waals surface area contributed by atoms with Crippen molar-refractivity contribution in [2.75, 3.05) is 33.3 Å². The Morgan fingerprint density at radius 2 is 1.88 bits per heavy atom. The molecule has 1 aliphatic rings. The number of carbonyl (C=O) groups is 1. The molecule has 0 spiro atoms. The van der Waals surface area contributed by atoms with Crippen LogP contribution in [0.25, 0.3) is 0 Å². The van der Waals surface area contributed by atoms with Gasteiger partial charge in [0.25, 0.3) is 0 Å². The molecule has 0 aromatic heterocycles. The molecule has 2 aromatic rings. The van der Waals surface area contributed by atoms with Crippen LogP contribution >= 0.6 is 0 Å². The molecular weight excluding hydrogens is 319 g/mol. The average Bonchev–Trinajstić information content (AvgIpc) is 2.63. The Morgan fingerprint density at radius 3 is 2.64 bits per heavy atom. The number of halogens is 1. The van der Waals surface area contributed by atoms with Gasteiger partial charge in [0.05, 0.1) is 6.54 Å². The summed E-state index contributed by atoms with van der Waals surface area (Å²) in [5.74, 6) is 0.491. The Bertz CT molecular complexity index is 718. The number of rotatable bonds is 6. The number of amides is 1. The first-order valence-corrected chi connectivity index (χ1v) is 8.53. The maximum absolute atomic E-state index is 12.8. The fourth-order valence-electron chi connectivity index (χ4n) is 2.97. The van der Waals surface area contributed by atoms with Crippen LogP contribution in [0.15, 0.2) is 48.5 Å². The molecule has 0 fully saturated rings. The van der Waals surface area contributed by atoms with E-state index in [1.165, 1.54) is 23.3 Å². The molecule has 132 valence electrons. The number of carbonyl (C=O) groups excluding carboxylic acids is 1. The maximum Gasteiger partial charge on any atom is 0.237 e. The molecule has 2 aromatic carbocycles. The second-order valence-electron chi connectivity index (χ2n) is 6.37. The smallest absolute Gasteiger partial charge is 0.237 e. The van der Waals surface area contributed by atoms with Crippen LogP contribution in [0, 0.1) is 5.82 Å². The van der Waals surface area contributed by atoms with Gasteiger partial charge in [0.2, 0.25) is 5.91 Å². The van der Waals surface area contributed by atoms with E-state index in [2.05, 4.69) is 12.1 Å². The maximum atomic E-state index is 12.8. The summed E-state index contributed by atoms with van der Waals surface area (Å²) in [6.45, 7) is 2.92. The Morgan fingerprint density at radius 1 is 1.16 bits per heavy atom. The van der Waals surface area contributed by atoms with E-state index in [4.69, 9.17) is 4.74 Å². The number of hydrogen-bond acceptors (Lipinski definition) is 3. The SMILES string of the molecule is CN(CCOc1ccc(F)cc1)CC(=O)N1CCc2ccccc2C1. The molecule has 1 aliphatic heterocycles. The predicted molar refractivity (Wildman–Crippen MR) is 95.0 cm³/mol. The van der Waals surface area contributed by atoms with Gasteiger partial charge in [-0.05, 0) is 48.9 Å². The van der Waals surface area contributed by atoms with Crippen molar-refractivity contribution in [2.45, 2.75) is 13.0 Å². The number of nitrogens with zero attached hydrogens (tertiary/aromatic N) is 2. The summed E-state index contributed by atoms with van der Waals surface area (Å²) in [4.78, 5) is 16.4. The summed E-state index contributed by atoms with van der Waals surface area (Å²) >= 11 is 0. The summed E-state index contributed by atoms with van der Waals surface area (Å²) < 4.78 is 18.4. The molecule has 0 aliphatic carbocycles. The standard InChI is InChI=1S/C20H23FN2O2/c1-22(12-13-25-19-8-6-18(21)7-9-19)15-20(24)23-11-10-16-4-2-3-5-17(16)14-23/h2-9H,10-15H2,1H3. The van der Waals surface area contributed by atoms with Gasteiger partial charge in [0.1, 0.15) is 18.2 Å². The summed E-state index contributed by atoms with van der Waals surface area (Å²) in [7, 11) is 1.91. The normalized spacial score (nSPS) is 13.6. The van der Waals surface area contributed by atoms with Crippen molar-refractivity contribution in [2.24, 2.45) is 0 Å². The lowest BCUT2D eigenvalue weighted by atomic mass is 10.00. The number of fused-ring (bicyclic) bond motifs is 1. The first kappa shape index (κ1) is 17.4. The second kappa shape index (κ2) is 8.12. The zero-order chi connectivity index (χ0) is 17.6. The molecule has 4 nitrogen and oxygen atoms in total. The summed E-state index contributed by atoms with van der Waals surface area (Å²) in [5.41, 5.74) is 2.58. The Kier molecular flexibility index (Phi) is 5.66. The minimum absolute atomic E-state index is 0.138. The molecule has 0 saturated carbocycles. The van der Waals surface area contributed by atoms with Crippen molar-refractivity contribution in [1.82, 2.24) is 9.80 Å². The zero-order valence-electron chi connectivity index (χ0n) is 14.5. The van der Waals surface area contributed by atoms with E-state index in [9.17, 15) is 9.18 Å².